The van der Waals surface area contributed by atoms with E-state index in [0.29, 0.717) is 11.3 Å². The SMILES string of the molecule is CC(=O)O[C@@H]1CSC(Sc2ccc(C#N)cc2)[C@H](OC(C)=O)[C@H]1N=[N+]=[N-]. The van der Waals surface area contributed by atoms with Gasteiger partial charge in [0.05, 0.1) is 16.2 Å². The summed E-state index contributed by atoms with van der Waals surface area (Å²) in [7, 11) is 0. The molecule has 1 aliphatic rings. The molecule has 136 valence electrons. The quantitative estimate of drug-likeness (QED) is 0.326. The molecule has 1 fully saturated rings. The number of carbonyl (C=O) groups is 2. The van der Waals surface area contributed by atoms with E-state index in [4.69, 9.17) is 20.3 Å². The number of nitriles is 1. The van der Waals surface area contributed by atoms with Crippen LogP contribution in [-0.2, 0) is 19.1 Å². The summed E-state index contributed by atoms with van der Waals surface area (Å²) in [4.78, 5) is 26.6. The third-order valence-corrected chi connectivity index (χ3v) is 6.31. The van der Waals surface area contributed by atoms with Gasteiger partial charge >= 0.3 is 11.9 Å². The first-order valence-electron chi connectivity index (χ1n) is 7.61. The average molecular weight is 392 g/mol. The van der Waals surface area contributed by atoms with Gasteiger partial charge in [-0.3, -0.25) is 9.59 Å². The molecule has 0 saturated carbocycles. The van der Waals surface area contributed by atoms with E-state index >= 15 is 0 Å². The molecule has 1 saturated heterocycles. The highest BCUT2D eigenvalue weighted by Crippen LogP contribution is 2.41. The molecule has 0 amide bonds. The second-order valence-corrected chi connectivity index (χ2v) is 8.06. The zero-order valence-electron chi connectivity index (χ0n) is 14.1. The number of rotatable bonds is 5. The highest BCUT2D eigenvalue weighted by molar-refractivity contribution is 8.17. The highest BCUT2D eigenvalue weighted by atomic mass is 32.2. The van der Waals surface area contributed by atoms with Gasteiger partial charge in [0.15, 0.2) is 0 Å². The molecule has 8 nitrogen and oxygen atoms in total. The number of thioether (sulfide) groups is 2. The topological polar surface area (TPSA) is 125 Å². The van der Waals surface area contributed by atoms with Crippen LogP contribution in [0.4, 0.5) is 0 Å². The summed E-state index contributed by atoms with van der Waals surface area (Å²) in [6.07, 6.45) is -1.43. The maximum atomic E-state index is 11.6. The molecule has 0 spiro atoms. The number of nitrogens with zero attached hydrogens (tertiary/aromatic N) is 4. The molecule has 0 radical (unpaired) electrons. The van der Waals surface area contributed by atoms with Crippen molar-refractivity contribution in [2.75, 3.05) is 5.75 Å². The molecule has 0 aliphatic carbocycles. The fourth-order valence-corrected chi connectivity index (χ4v) is 5.24. The van der Waals surface area contributed by atoms with Gasteiger partial charge < -0.3 is 9.47 Å². The Morgan fingerprint density at radius 2 is 1.96 bits per heavy atom. The Hall–Kier alpha value is -2.34. The summed E-state index contributed by atoms with van der Waals surface area (Å²) in [5.74, 6) is -0.592. The smallest absolute Gasteiger partial charge is 0.302 e. The van der Waals surface area contributed by atoms with E-state index in [1.807, 2.05) is 0 Å². The first kappa shape index (κ1) is 20.0. The molecule has 1 aromatic rings. The number of benzene rings is 1. The molecule has 10 heteroatoms. The van der Waals surface area contributed by atoms with Crippen LogP contribution in [0, 0.1) is 11.3 Å². The molecule has 0 bridgehead atoms. The number of carbonyl (C=O) groups excluding carboxylic acids is 2. The van der Waals surface area contributed by atoms with Crippen molar-refractivity contribution in [2.24, 2.45) is 5.11 Å². The van der Waals surface area contributed by atoms with E-state index in [-0.39, 0.29) is 4.58 Å². The Bertz CT molecular complexity index is 759. The molecule has 1 aromatic carbocycles. The van der Waals surface area contributed by atoms with Gasteiger partial charge in [0, 0.05) is 29.4 Å². The molecule has 1 heterocycles. The minimum absolute atomic E-state index is 0.255. The lowest BCUT2D eigenvalue weighted by Gasteiger charge is -2.38. The van der Waals surface area contributed by atoms with E-state index in [0.717, 1.165) is 4.90 Å². The minimum Gasteiger partial charge on any atom is -0.461 e. The third kappa shape index (κ3) is 5.33. The van der Waals surface area contributed by atoms with Crippen molar-refractivity contribution in [3.05, 3.63) is 40.3 Å². The lowest BCUT2D eigenvalue weighted by Crippen LogP contribution is -2.50. The predicted molar refractivity (Wildman–Crippen MR) is 97.3 cm³/mol. The van der Waals surface area contributed by atoms with E-state index in [9.17, 15) is 9.59 Å². The fourth-order valence-electron chi connectivity index (χ4n) is 2.43. The van der Waals surface area contributed by atoms with Gasteiger partial charge in [0.25, 0.3) is 0 Å². The monoisotopic (exact) mass is 392 g/mol. The standard InChI is InChI=1S/C16H16N4O4S2/c1-9(21)23-13-8-25-16(15(24-10(2)22)14(13)19-20-18)26-12-5-3-11(7-17)4-6-12/h3-6,13-16H,8H2,1-2H3/t13-,14+,15-,16?/m1/s1. The highest BCUT2D eigenvalue weighted by Gasteiger charge is 2.44. The Kier molecular flexibility index (Phi) is 7.21. The van der Waals surface area contributed by atoms with Crippen molar-refractivity contribution >= 4 is 35.5 Å². The first-order valence-corrected chi connectivity index (χ1v) is 9.54. The van der Waals surface area contributed by atoms with Crippen LogP contribution in [0.25, 0.3) is 10.4 Å². The summed E-state index contributed by atoms with van der Waals surface area (Å²) in [6, 6.07) is 8.24. The van der Waals surface area contributed by atoms with Crippen LogP contribution in [-0.4, -0.2) is 40.5 Å². The summed E-state index contributed by atoms with van der Waals surface area (Å²) in [5, 5.41) is 12.6. The Balaban J connectivity index is 2.25. The molecule has 0 aromatic heterocycles. The first-order chi connectivity index (χ1) is 12.4. The Morgan fingerprint density at radius 3 is 2.50 bits per heavy atom. The van der Waals surface area contributed by atoms with Crippen molar-refractivity contribution < 1.29 is 19.1 Å². The van der Waals surface area contributed by atoms with Crippen LogP contribution in [0.2, 0.25) is 0 Å². The maximum absolute atomic E-state index is 11.6. The zero-order valence-corrected chi connectivity index (χ0v) is 15.7. The van der Waals surface area contributed by atoms with Gasteiger partial charge in [-0.1, -0.05) is 5.11 Å². The molecule has 26 heavy (non-hydrogen) atoms. The van der Waals surface area contributed by atoms with Crippen LogP contribution in [0.1, 0.15) is 19.4 Å². The average Bonchev–Trinajstić information content (AvgIpc) is 2.59. The molecule has 1 unspecified atom stereocenters. The van der Waals surface area contributed by atoms with Crippen molar-refractivity contribution in [1.82, 2.24) is 0 Å². The summed E-state index contributed by atoms with van der Waals surface area (Å²) in [6.45, 7) is 2.55. The number of esters is 2. The van der Waals surface area contributed by atoms with E-state index in [1.165, 1.54) is 37.4 Å². The Labute approximate surface area is 158 Å². The maximum Gasteiger partial charge on any atom is 0.302 e. The van der Waals surface area contributed by atoms with Crippen LogP contribution in [0.3, 0.4) is 0 Å². The van der Waals surface area contributed by atoms with E-state index in [1.54, 1.807) is 24.3 Å². The van der Waals surface area contributed by atoms with Gasteiger partial charge in [0.2, 0.25) is 0 Å². The van der Waals surface area contributed by atoms with Gasteiger partial charge in [-0.05, 0) is 29.8 Å². The second-order valence-electron chi connectivity index (χ2n) is 5.37. The normalized spacial score (nSPS) is 24.7. The summed E-state index contributed by atoms with van der Waals surface area (Å²) in [5.41, 5.74) is 9.43. The summed E-state index contributed by atoms with van der Waals surface area (Å²) >= 11 is 2.89. The lowest BCUT2D eigenvalue weighted by molar-refractivity contribution is -0.153. The van der Waals surface area contributed by atoms with Crippen molar-refractivity contribution in [3.63, 3.8) is 0 Å². The van der Waals surface area contributed by atoms with Gasteiger partial charge in [-0.15, -0.1) is 23.5 Å². The molecule has 1 aliphatic heterocycles. The van der Waals surface area contributed by atoms with E-state index < -0.39 is 30.2 Å². The largest absolute Gasteiger partial charge is 0.461 e. The van der Waals surface area contributed by atoms with Crippen molar-refractivity contribution in [2.45, 2.75) is 41.6 Å². The van der Waals surface area contributed by atoms with Crippen molar-refractivity contribution in [1.29, 1.82) is 5.26 Å². The van der Waals surface area contributed by atoms with Gasteiger partial charge in [-0.2, -0.15) is 5.26 Å². The third-order valence-electron chi connectivity index (χ3n) is 3.45. The predicted octanol–water partition coefficient (Wildman–Crippen LogP) is 3.27. The second kappa shape index (κ2) is 9.38. The lowest BCUT2D eigenvalue weighted by atomic mass is 10.1. The number of ether oxygens (including phenoxy) is 2. The molecular weight excluding hydrogens is 376 g/mol. The molecule has 2 rings (SSSR count). The van der Waals surface area contributed by atoms with Gasteiger partial charge in [0.1, 0.15) is 18.2 Å². The van der Waals surface area contributed by atoms with Crippen LogP contribution >= 0.6 is 23.5 Å². The molecular formula is C16H16N4O4S2. The number of hydrogen-bond acceptors (Lipinski definition) is 8. The number of azide groups is 1. The van der Waals surface area contributed by atoms with Crippen LogP contribution in [0.15, 0.2) is 34.3 Å². The summed E-state index contributed by atoms with van der Waals surface area (Å²) < 4.78 is 10.4. The van der Waals surface area contributed by atoms with Crippen LogP contribution in [0.5, 0.6) is 0 Å². The van der Waals surface area contributed by atoms with E-state index in [2.05, 4.69) is 16.1 Å². The van der Waals surface area contributed by atoms with Crippen LogP contribution < -0.4 is 0 Å². The zero-order chi connectivity index (χ0) is 19.1. The Morgan fingerprint density at radius 1 is 1.31 bits per heavy atom. The fraction of sp³-hybridized carbons (Fsp3) is 0.438. The molecule has 4 atom stereocenters. The molecule has 0 N–H and O–H groups in total. The van der Waals surface area contributed by atoms with Crippen molar-refractivity contribution in [3.8, 4) is 6.07 Å². The number of hydrogen-bond donors (Lipinski definition) is 0. The van der Waals surface area contributed by atoms with Gasteiger partial charge in [-0.25, -0.2) is 0 Å². The minimum atomic E-state index is -0.815.